The van der Waals surface area contributed by atoms with E-state index in [0.717, 1.165) is 22.6 Å². The van der Waals surface area contributed by atoms with E-state index in [-0.39, 0.29) is 0 Å². The molecule has 1 amide bonds. The van der Waals surface area contributed by atoms with Crippen molar-refractivity contribution in [1.82, 2.24) is 23.9 Å². The summed E-state index contributed by atoms with van der Waals surface area (Å²) in [5.41, 5.74) is 10.3. The van der Waals surface area contributed by atoms with E-state index in [1.807, 2.05) is 41.8 Å². The molecule has 8 heteroatoms. The maximum atomic E-state index is 12.8. The normalized spacial score (nSPS) is 11.2. The molecule has 28 heavy (non-hydrogen) atoms. The van der Waals surface area contributed by atoms with Crippen LogP contribution < -0.4 is 5.73 Å². The summed E-state index contributed by atoms with van der Waals surface area (Å²) in [6.07, 6.45) is 5.32. The van der Waals surface area contributed by atoms with Crippen LogP contribution in [-0.2, 0) is 6.54 Å². The molecule has 0 fully saturated rings. The molecule has 4 aromatic heterocycles. The highest BCUT2D eigenvalue weighted by Crippen LogP contribution is 2.31. The first-order valence-electron chi connectivity index (χ1n) is 8.91. The zero-order valence-electron chi connectivity index (χ0n) is 15.3. The van der Waals surface area contributed by atoms with Crippen molar-refractivity contribution in [1.29, 1.82) is 0 Å². The smallest absolute Gasteiger partial charge is 0.267 e. The SMILES string of the molecule is Cc1cccc(-c2ncn(CCCF)c2-c2ccc3ncc(C(N)=O)n3c2)n1. The van der Waals surface area contributed by atoms with Gasteiger partial charge >= 0.3 is 0 Å². The number of hydrogen-bond donors (Lipinski definition) is 1. The summed E-state index contributed by atoms with van der Waals surface area (Å²) in [5.74, 6) is -0.559. The second-order valence-corrected chi connectivity index (χ2v) is 6.50. The van der Waals surface area contributed by atoms with Gasteiger partial charge in [-0.15, -0.1) is 0 Å². The average Bonchev–Trinajstić information content (AvgIpc) is 3.30. The minimum Gasteiger partial charge on any atom is -0.364 e. The summed E-state index contributed by atoms with van der Waals surface area (Å²) in [5, 5.41) is 0. The number of hydrogen-bond acceptors (Lipinski definition) is 4. The Kier molecular flexibility index (Phi) is 4.60. The van der Waals surface area contributed by atoms with Crippen LogP contribution in [0.1, 0.15) is 22.6 Å². The highest BCUT2D eigenvalue weighted by atomic mass is 19.1. The first-order valence-corrected chi connectivity index (χ1v) is 8.91. The van der Waals surface area contributed by atoms with Crippen molar-refractivity contribution in [2.24, 2.45) is 5.73 Å². The molecule has 4 aromatic rings. The van der Waals surface area contributed by atoms with E-state index in [4.69, 9.17) is 5.73 Å². The van der Waals surface area contributed by atoms with Crippen LogP contribution in [0.15, 0.2) is 49.1 Å². The fourth-order valence-corrected chi connectivity index (χ4v) is 3.25. The van der Waals surface area contributed by atoms with Crippen LogP contribution in [0.3, 0.4) is 0 Å². The minimum absolute atomic E-state index is 0.293. The molecule has 0 radical (unpaired) electrons. The highest BCUT2D eigenvalue weighted by Gasteiger charge is 2.18. The van der Waals surface area contributed by atoms with E-state index in [1.165, 1.54) is 6.20 Å². The quantitative estimate of drug-likeness (QED) is 0.558. The predicted molar refractivity (Wildman–Crippen MR) is 103 cm³/mol. The number of carbonyl (C=O) groups is 1. The second kappa shape index (κ2) is 7.22. The molecule has 0 saturated heterocycles. The average molecular weight is 378 g/mol. The molecule has 4 rings (SSSR count). The molecule has 0 aromatic carbocycles. The number of alkyl halides is 1. The molecule has 0 spiro atoms. The largest absolute Gasteiger partial charge is 0.364 e. The van der Waals surface area contributed by atoms with Gasteiger partial charge in [0.25, 0.3) is 5.91 Å². The molecular weight excluding hydrogens is 359 g/mol. The lowest BCUT2D eigenvalue weighted by Gasteiger charge is -2.11. The third kappa shape index (κ3) is 3.13. The van der Waals surface area contributed by atoms with E-state index < -0.39 is 12.6 Å². The standard InChI is InChI=1S/C20H19FN6O/c1-13-4-2-5-15(25-13)18-19(26(12-24-18)9-3-8-21)14-6-7-17-23-10-16(20(22)28)27(17)11-14/h2,4-7,10-12H,3,8-9H2,1H3,(H2,22,28). The van der Waals surface area contributed by atoms with Gasteiger partial charge < -0.3 is 10.3 Å². The number of primary amides is 1. The number of nitrogens with two attached hydrogens (primary N) is 1. The van der Waals surface area contributed by atoms with Gasteiger partial charge in [-0.25, -0.2) is 9.97 Å². The summed E-state index contributed by atoms with van der Waals surface area (Å²) in [7, 11) is 0. The lowest BCUT2D eigenvalue weighted by atomic mass is 10.1. The fourth-order valence-electron chi connectivity index (χ4n) is 3.25. The van der Waals surface area contributed by atoms with Gasteiger partial charge in [0, 0.05) is 24.0 Å². The molecule has 0 atom stereocenters. The zero-order valence-corrected chi connectivity index (χ0v) is 15.3. The molecule has 4 heterocycles. The first-order chi connectivity index (χ1) is 13.6. The van der Waals surface area contributed by atoms with Crippen LogP contribution in [0.25, 0.3) is 28.3 Å². The van der Waals surface area contributed by atoms with Crippen LogP contribution >= 0.6 is 0 Å². The molecule has 0 aliphatic heterocycles. The predicted octanol–water partition coefficient (Wildman–Crippen LogP) is 3.03. The fraction of sp³-hybridized carbons (Fsp3) is 0.200. The van der Waals surface area contributed by atoms with Crippen molar-refractivity contribution >= 4 is 11.6 Å². The Morgan fingerprint density at radius 3 is 2.82 bits per heavy atom. The highest BCUT2D eigenvalue weighted by molar-refractivity contribution is 5.92. The van der Waals surface area contributed by atoms with E-state index in [1.54, 1.807) is 16.9 Å². The van der Waals surface area contributed by atoms with Crippen molar-refractivity contribution in [3.8, 4) is 22.6 Å². The molecule has 0 bridgehead atoms. The number of carbonyl (C=O) groups excluding carboxylic acids is 1. The van der Waals surface area contributed by atoms with Crippen LogP contribution in [0, 0.1) is 6.92 Å². The number of halogens is 1. The lowest BCUT2D eigenvalue weighted by Crippen LogP contribution is -2.13. The van der Waals surface area contributed by atoms with Crippen LogP contribution in [0.4, 0.5) is 4.39 Å². The number of fused-ring (bicyclic) bond motifs is 1. The van der Waals surface area contributed by atoms with Gasteiger partial charge in [0.2, 0.25) is 0 Å². The van der Waals surface area contributed by atoms with Crippen molar-refractivity contribution in [3.05, 3.63) is 60.4 Å². The Bertz CT molecular complexity index is 1160. The molecular formula is C20H19FN6O. The van der Waals surface area contributed by atoms with E-state index in [2.05, 4.69) is 15.0 Å². The van der Waals surface area contributed by atoms with E-state index >= 15 is 0 Å². The number of amides is 1. The molecule has 7 nitrogen and oxygen atoms in total. The minimum atomic E-state index is -0.559. The summed E-state index contributed by atoms with van der Waals surface area (Å²) in [6.45, 7) is 1.98. The summed E-state index contributed by atoms with van der Waals surface area (Å²) >= 11 is 0. The van der Waals surface area contributed by atoms with Crippen molar-refractivity contribution in [2.75, 3.05) is 6.67 Å². The van der Waals surface area contributed by atoms with Gasteiger partial charge in [0.05, 0.1) is 30.6 Å². The summed E-state index contributed by atoms with van der Waals surface area (Å²) in [4.78, 5) is 25.0. The van der Waals surface area contributed by atoms with Crippen LogP contribution in [0.2, 0.25) is 0 Å². The van der Waals surface area contributed by atoms with Gasteiger partial charge in [-0.05, 0) is 37.6 Å². The van der Waals surface area contributed by atoms with Gasteiger partial charge in [-0.1, -0.05) is 6.07 Å². The molecule has 2 N–H and O–H groups in total. The van der Waals surface area contributed by atoms with Gasteiger partial charge in [0.1, 0.15) is 17.0 Å². The van der Waals surface area contributed by atoms with Crippen molar-refractivity contribution in [3.63, 3.8) is 0 Å². The second-order valence-electron chi connectivity index (χ2n) is 6.50. The third-order valence-electron chi connectivity index (χ3n) is 4.53. The molecule has 0 unspecified atom stereocenters. The Morgan fingerprint density at radius 2 is 2.07 bits per heavy atom. The zero-order chi connectivity index (χ0) is 19.7. The van der Waals surface area contributed by atoms with E-state index in [0.29, 0.717) is 30.0 Å². The third-order valence-corrected chi connectivity index (χ3v) is 4.53. The molecule has 142 valence electrons. The van der Waals surface area contributed by atoms with Crippen LogP contribution in [-0.4, -0.2) is 36.5 Å². The Labute approximate surface area is 160 Å². The number of nitrogens with zero attached hydrogens (tertiary/aromatic N) is 5. The van der Waals surface area contributed by atoms with Gasteiger partial charge in [-0.3, -0.25) is 18.6 Å². The summed E-state index contributed by atoms with van der Waals surface area (Å²) < 4.78 is 16.3. The Hall–Kier alpha value is -3.55. The number of aryl methyl sites for hydroxylation is 2. The molecule has 0 aliphatic rings. The van der Waals surface area contributed by atoms with Gasteiger partial charge in [0.15, 0.2) is 0 Å². The van der Waals surface area contributed by atoms with Crippen molar-refractivity contribution < 1.29 is 9.18 Å². The number of aromatic nitrogens is 5. The molecule has 0 saturated carbocycles. The Morgan fingerprint density at radius 1 is 1.21 bits per heavy atom. The molecule has 0 aliphatic carbocycles. The number of pyridine rings is 2. The van der Waals surface area contributed by atoms with Crippen LogP contribution in [0.5, 0.6) is 0 Å². The lowest BCUT2D eigenvalue weighted by molar-refractivity contribution is 0.0995. The topological polar surface area (TPSA) is 91.1 Å². The first kappa shape index (κ1) is 17.8. The summed E-state index contributed by atoms with van der Waals surface area (Å²) in [6, 6.07) is 9.44. The van der Waals surface area contributed by atoms with Gasteiger partial charge in [-0.2, -0.15) is 0 Å². The maximum Gasteiger partial charge on any atom is 0.267 e. The maximum absolute atomic E-state index is 12.8. The van der Waals surface area contributed by atoms with E-state index in [9.17, 15) is 9.18 Å². The van der Waals surface area contributed by atoms with Crippen molar-refractivity contribution in [2.45, 2.75) is 19.9 Å². The Balaban J connectivity index is 1.92. The number of imidazole rings is 2. The monoisotopic (exact) mass is 378 g/mol. The number of rotatable bonds is 6.